The van der Waals surface area contributed by atoms with Crippen molar-refractivity contribution in [3.8, 4) is 0 Å². The van der Waals surface area contributed by atoms with Gasteiger partial charge in [-0.25, -0.2) is 4.98 Å². The number of oxazole rings is 1. The first-order valence-electron chi connectivity index (χ1n) is 4.44. The number of nitrogens with zero attached hydrogens (tertiary/aromatic N) is 1. The average Bonchev–Trinajstić information content (AvgIpc) is 2.41. The van der Waals surface area contributed by atoms with Crippen LogP contribution >= 0.6 is 0 Å². The van der Waals surface area contributed by atoms with Crippen LogP contribution in [-0.2, 0) is 11.3 Å². The van der Waals surface area contributed by atoms with Gasteiger partial charge in [0, 0.05) is 6.61 Å². The van der Waals surface area contributed by atoms with Gasteiger partial charge in [0.15, 0.2) is 0 Å². The minimum atomic E-state index is 0.439. The van der Waals surface area contributed by atoms with Crippen LogP contribution in [0.4, 0.5) is 0 Å². The summed E-state index contributed by atoms with van der Waals surface area (Å²) in [6.07, 6.45) is 0.874. The van der Waals surface area contributed by atoms with E-state index in [2.05, 4.69) is 4.98 Å². The number of aryl methyl sites for hydroxylation is 2. The molecule has 0 saturated heterocycles. The lowest BCUT2D eigenvalue weighted by Crippen LogP contribution is -2.04. The highest BCUT2D eigenvalue weighted by atomic mass is 16.5. The zero-order valence-corrected chi connectivity index (χ0v) is 8.17. The highest BCUT2D eigenvalue weighted by Gasteiger charge is 2.04. The Balaban J connectivity index is 2.29. The maximum atomic E-state index is 5.33. The fraction of sp³-hybridized carbons (Fsp3) is 0.667. The molecule has 1 aromatic heterocycles. The van der Waals surface area contributed by atoms with Gasteiger partial charge in [-0.2, -0.15) is 0 Å². The molecule has 0 spiro atoms. The molecular weight excluding hydrogens is 168 g/mol. The summed E-state index contributed by atoms with van der Waals surface area (Å²) in [5.74, 6) is 1.50. The summed E-state index contributed by atoms with van der Waals surface area (Å²) < 4.78 is 10.6. The number of aromatic nitrogens is 1. The van der Waals surface area contributed by atoms with Crippen molar-refractivity contribution in [2.45, 2.75) is 26.9 Å². The fourth-order valence-corrected chi connectivity index (χ4v) is 0.946. The molecule has 0 radical (unpaired) electrons. The quantitative estimate of drug-likeness (QED) is 0.697. The number of hydrogen-bond donors (Lipinski definition) is 1. The summed E-state index contributed by atoms with van der Waals surface area (Å²) in [5.41, 5.74) is 6.25. The molecule has 4 nitrogen and oxygen atoms in total. The summed E-state index contributed by atoms with van der Waals surface area (Å²) in [4.78, 5) is 4.18. The van der Waals surface area contributed by atoms with E-state index in [1.54, 1.807) is 0 Å². The van der Waals surface area contributed by atoms with Gasteiger partial charge in [-0.15, -0.1) is 0 Å². The number of rotatable bonds is 5. The predicted octanol–water partition coefficient (Wildman–Crippen LogP) is 1.16. The van der Waals surface area contributed by atoms with Crippen molar-refractivity contribution in [1.82, 2.24) is 4.98 Å². The zero-order chi connectivity index (χ0) is 9.68. The normalized spacial score (nSPS) is 10.7. The number of nitrogens with two attached hydrogens (primary N) is 1. The summed E-state index contributed by atoms with van der Waals surface area (Å²) >= 11 is 0. The molecule has 1 heterocycles. The molecule has 2 N–H and O–H groups in total. The summed E-state index contributed by atoms with van der Waals surface area (Å²) in [7, 11) is 0. The molecule has 0 aliphatic carbocycles. The Morgan fingerprint density at radius 2 is 2.23 bits per heavy atom. The number of hydrogen-bond acceptors (Lipinski definition) is 4. The van der Waals surface area contributed by atoms with Gasteiger partial charge >= 0.3 is 0 Å². The summed E-state index contributed by atoms with van der Waals surface area (Å²) in [5, 5.41) is 0. The van der Waals surface area contributed by atoms with Crippen LogP contribution in [-0.4, -0.2) is 18.1 Å². The van der Waals surface area contributed by atoms with E-state index in [0.29, 0.717) is 25.6 Å². The summed E-state index contributed by atoms with van der Waals surface area (Å²) in [6, 6.07) is 0. The molecule has 0 saturated carbocycles. The molecule has 13 heavy (non-hydrogen) atoms. The molecule has 0 aromatic carbocycles. The Labute approximate surface area is 78.1 Å². The second kappa shape index (κ2) is 4.99. The van der Waals surface area contributed by atoms with Gasteiger partial charge in [-0.3, -0.25) is 0 Å². The van der Waals surface area contributed by atoms with Crippen LogP contribution in [0.3, 0.4) is 0 Å². The third-order valence-electron chi connectivity index (χ3n) is 1.79. The predicted molar refractivity (Wildman–Crippen MR) is 49.3 cm³/mol. The van der Waals surface area contributed by atoms with Crippen molar-refractivity contribution in [3.63, 3.8) is 0 Å². The smallest absolute Gasteiger partial charge is 0.220 e. The molecular formula is C9H16N2O2. The maximum absolute atomic E-state index is 5.33. The Hall–Kier alpha value is -0.870. The van der Waals surface area contributed by atoms with E-state index in [1.807, 2.05) is 13.8 Å². The minimum Gasteiger partial charge on any atom is -0.443 e. The van der Waals surface area contributed by atoms with Gasteiger partial charge in [0.1, 0.15) is 12.4 Å². The van der Waals surface area contributed by atoms with E-state index >= 15 is 0 Å². The van der Waals surface area contributed by atoms with Crippen molar-refractivity contribution in [3.05, 3.63) is 17.3 Å². The lowest BCUT2D eigenvalue weighted by molar-refractivity contribution is 0.101. The molecule has 0 aliphatic rings. The van der Waals surface area contributed by atoms with Gasteiger partial charge in [-0.1, -0.05) is 0 Å². The van der Waals surface area contributed by atoms with Crippen LogP contribution in [0.15, 0.2) is 4.42 Å². The minimum absolute atomic E-state index is 0.439. The van der Waals surface area contributed by atoms with Crippen LogP contribution in [0.25, 0.3) is 0 Å². The van der Waals surface area contributed by atoms with Crippen LogP contribution in [0.5, 0.6) is 0 Å². The lowest BCUT2D eigenvalue weighted by atomic mass is 10.4. The van der Waals surface area contributed by atoms with Crippen molar-refractivity contribution >= 4 is 0 Å². The molecule has 0 fully saturated rings. The van der Waals surface area contributed by atoms with E-state index in [4.69, 9.17) is 14.9 Å². The maximum Gasteiger partial charge on any atom is 0.220 e. The molecule has 1 aromatic rings. The van der Waals surface area contributed by atoms with Crippen LogP contribution in [0.1, 0.15) is 23.8 Å². The molecule has 74 valence electrons. The van der Waals surface area contributed by atoms with Gasteiger partial charge in [0.2, 0.25) is 5.89 Å². The fourth-order valence-electron chi connectivity index (χ4n) is 0.946. The van der Waals surface area contributed by atoms with E-state index in [1.165, 1.54) is 0 Å². The van der Waals surface area contributed by atoms with Crippen LogP contribution in [0.2, 0.25) is 0 Å². The third-order valence-corrected chi connectivity index (χ3v) is 1.79. The first-order valence-corrected chi connectivity index (χ1v) is 4.44. The largest absolute Gasteiger partial charge is 0.443 e. The van der Waals surface area contributed by atoms with E-state index in [0.717, 1.165) is 17.9 Å². The Morgan fingerprint density at radius 3 is 2.77 bits per heavy atom. The van der Waals surface area contributed by atoms with Crippen molar-refractivity contribution in [2.75, 3.05) is 13.2 Å². The van der Waals surface area contributed by atoms with Crippen molar-refractivity contribution in [2.24, 2.45) is 5.73 Å². The van der Waals surface area contributed by atoms with Crippen molar-refractivity contribution in [1.29, 1.82) is 0 Å². The first-order chi connectivity index (χ1) is 6.24. The second-order valence-electron chi connectivity index (χ2n) is 2.94. The Morgan fingerprint density at radius 1 is 1.46 bits per heavy atom. The Kier molecular flexibility index (Phi) is 3.92. The van der Waals surface area contributed by atoms with E-state index in [9.17, 15) is 0 Å². The molecule has 0 unspecified atom stereocenters. The second-order valence-corrected chi connectivity index (χ2v) is 2.94. The molecule has 0 amide bonds. The molecule has 4 heteroatoms. The SMILES string of the molecule is Cc1nc(COCCCN)oc1C. The molecule has 0 atom stereocenters. The van der Waals surface area contributed by atoms with E-state index < -0.39 is 0 Å². The monoisotopic (exact) mass is 184 g/mol. The zero-order valence-electron chi connectivity index (χ0n) is 8.17. The third kappa shape index (κ3) is 3.16. The average molecular weight is 184 g/mol. The van der Waals surface area contributed by atoms with Crippen molar-refractivity contribution < 1.29 is 9.15 Å². The molecule has 1 rings (SSSR count). The van der Waals surface area contributed by atoms with Gasteiger partial charge < -0.3 is 14.9 Å². The van der Waals surface area contributed by atoms with Gasteiger partial charge in [-0.05, 0) is 26.8 Å². The van der Waals surface area contributed by atoms with Crippen LogP contribution in [0, 0.1) is 13.8 Å². The number of ether oxygens (including phenoxy) is 1. The molecule has 0 aliphatic heterocycles. The first kappa shape index (κ1) is 10.2. The summed E-state index contributed by atoms with van der Waals surface area (Å²) in [6.45, 7) is 5.57. The highest BCUT2D eigenvalue weighted by Crippen LogP contribution is 2.08. The Bertz CT molecular complexity index is 239. The van der Waals surface area contributed by atoms with E-state index in [-0.39, 0.29) is 0 Å². The standard InChI is InChI=1S/C9H16N2O2/c1-7-8(2)13-9(11-7)6-12-5-3-4-10/h3-6,10H2,1-2H3. The van der Waals surface area contributed by atoms with Gasteiger partial charge in [0.25, 0.3) is 0 Å². The van der Waals surface area contributed by atoms with Gasteiger partial charge in [0.05, 0.1) is 5.69 Å². The van der Waals surface area contributed by atoms with Crippen LogP contribution < -0.4 is 5.73 Å². The molecule has 0 bridgehead atoms. The topological polar surface area (TPSA) is 61.3 Å². The lowest BCUT2D eigenvalue weighted by Gasteiger charge is -1.98. The highest BCUT2D eigenvalue weighted by molar-refractivity contribution is 5.04.